The molecule has 2 fully saturated rings. The van der Waals surface area contributed by atoms with Gasteiger partial charge in [-0.15, -0.1) is 0 Å². The quantitative estimate of drug-likeness (QED) is 0.719. The molecule has 2 saturated carbocycles. The Morgan fingerprint density at radius 3 is 2.31 bits per heavy atom. The van der Waals surface area contributed by atoms with E-state index < -0.39 is 5.92 Å². The van der Waals surface area contributed by atoms with Crippen LogP contribution in [0, 0.1) is 11.8 Å². The van der Waals surface area contributed by atoms with Crippen LogP contribution in [0.4, 0.5) is 8.78 Å². The summed E-state index contributed by atoms with van der Waals surface area (Å²) in [5.41, 5.74) is 0. The molecule has 0 aromatic heterocycles. The van der Waals surface area contributed by atoms with E-state index in [2.05, 4.69) is 5.32 Å². The van der Waals surface area contributed by atoms with Gasteiger partial charge in [0.15, 0.2) is 0 Å². The van der Waals surface area contributed by atoms with Crippen LogP contribution in [-0.4, -0.2) is 19.0 Å². The topological polar surface area (TPSA) is 12.0 Å². The first-order valence-corrected chi connectivity index (χ1v) is 5.17. The Balaban J connectivity index is 1.93. The third-order valence-electron chi connectivity index (χ3n) is 3.41. The molecule has 2 rings (SSSR count). The van der Waals surface area contributed by atoms with E-state index in [1.807, 2.05) is 7.05 Å². The van der Waals surface area contributed by atoms with Crippen molar-refractivity contribution < 1.29 is 8.78 Å². The first-order valence-electron chi connectivity index (χ1n) is 5.17. The summed E-state index contributed by atoms with van der Waals surface area (Å²) >= 11 is 0. The molecule has 1 nitrogen and oxygen atoms in total. The summed E-state index contributed by atoms with van der Waals surface area (Å²) in [5, 5.41) is 3.21. The molecule has 0 bridgehead atoms. The lowest BCUT2D eigenvalue weighted by Crippen LogP contribution is -2.35. The molecular weight excluding hydrogens is 172 g/mol. The first kappa shape index (κ1) is 9.38. The van der Waals surface area contributed by atoms with E-state index >= 15 is 0 Å². The van der Waals surface area contributed by atoms with Gasteiger partial charge in [0, 0.05) is 18.9 Å². The molecule has 76 valence electrons. The van der Waals surface area contributed by atoms with E-state index in [0.29, 0.717) is 18.4 Å². The molecule has 2 atom stereocenters. The maximum atomic E-state index is 12.9. The molecule has 0 aromatic carbocycles. The Morgan fingerprint density at radius 2 is 1.92 bits per heavy atom. The summed E-state index contributed by atoms with van der Waals surface area (Å²) in [5.74, 6) is -1.48. The average molecular weight is 189 g/mol. The maximum absolute atomic E-state index is 12.9. The summed E-state index contributed by atoms with van der Waals surface area (Å²) in [4.78, 5) is 0. The van der Waals surface area contributed by atoms with Gasteiger partial charge in [-0.1, -0.05) is 0 Å². The second-order valence-corrected chi connectivity index (χ2v) is 4.51. The highest BCUT2D eigenvalue weighted by molar-refractivity contribution is 4.95. The lowest BCUT2D eigenvalue weighted by atomic mass is 9.94. The highest BCUT2D eigenvalue weighted by Crippen LogP contribution is 2.45. The largest absolute Gasteiger partial charge is 0.316 e. The van der Waals surface area contributed by atoms with E-state index in [9.17, 15) is 8.78 Å². The molecule has 2 aliphatic carbocycles. The van der Waals surface area contributed by atoms with Crippen molar-refractivity contribution in [3.63, 3.8) is 0 Å². The molecule has 0 heterocycles. The molecule has 0 aliphatic heterocycles. The van der Waals surface area contributed by atoms with Crippen LogP contribution in [0.25, 0.3) is 0 Å². The standard InChI is InChI=1S/C10H17F2N/c1-13-9(7-2-3-7)8-4-5-10(11,12)6-8/h7-9,13H,2-6H2,1H3. The summed E-state index contributed by atoms with van der Waals surface area (Å²) in [7, 11) is 1.90. The minimum absolute atomic E-state index is 0.0998. The molecule has 3 heteroatoms. The van der Waals surface area contributed by atoms with Gasteiger partial charge in [0.05, 0.1) is 0 Å². The smallest absolute Gasteiger partial charge is 0.248 e. The van der Waals surface area contributed by atoms with Crippen LogP contribution >= 0.6 is 0 Å². The monoisotopic (exact) mass is 189 g/mol. The van der Waals surface area contributed by atoms with Crippen molar-refractivity contribution >= 4 is 0 Å². The highest BCUT2D eigenvalue weighted by atomic mass is 19.3. The molecular formula is C10H17F2N. The van der Waals surface area contributed by atoms with Gasteiger partial charge < -0.3 is 5.32 Å². The van der Waals surface area contributed by atoms with Gasteiger partial charge in [0.1, 0.15) is 0 Å². The van der Waals surface area contributed by atoms with Crippen molar-refractivity contribution in [3.8, 4) is 0 Å². The van der Waals surface area contributed by atoms with Crippen molar-refractivity contribution in [2.45, 2.75) is 44.1 Å². The van der Waals surface area contributed by atoms with Gasteiger partial charge in [-0.05, 0) is 38.1 Å². The number of hydrogen-bond acceptors (Lipinski definition) is 1. The van der Waals surface area contributed by atoms with Gasteiger partial charge >= 0.3 is 0 Å². The Bertz CT molecular complexity index is 189. The first-order chi connectivity index (χ1) is 6.12. The SMILES string of the molecule is CNC(C1CC1)C1CCC(F)(F)C1. The number of rotatable bonds is 3. The predicted octanol–water partition coefficient (Wildman–Crippen LogP) is 2.42. The molecule has 1 N–H and O–H groups in total. The van der Waals surface area contributed by atoms with Crippen molar-refractivity contribution in [2.75, 3.05) is 7.05 Å². The number of halogens is 2. The normalized spacial score (nSPS) is 34.8. The molecule has 0 radical (unpaired) electrons. The van der Waals surface area contributed by atoms with Gasteiger partial charge in [-0.25, -0.2) is 8.78 Å². The Kier molecular flexibility index (Phi) is 2.30. The predicted molar refractivity (Wildman–Crippen MR) is 47.9 cm³/mol. The number of alkyl halides is 2. The zero-order chi connectivity index (χ0) is 9.47. The summed E-state index contributed by atoms with van der Waals surface area (Å²) < 4.78 is 25.9. The summed E-state index contributed by atoms with van der Waals surface area (Å²) in [6.45, 7) is 0. The van der Waals surface area contributed by atoms with Crippen LogP contribution in [0.15, 0.2) is 0 Å². The van der Waals surface area contributed by atoms with Crippen molar-refractivity contribution in [1.82, 2.24) is 5.32 Å². The maximum Gasteiger partial charge on any atom is 0.248 e. The zero-order valence-electron chi connectivity index (χ0n) is 8.02. The average Bonchev–Trinajstić information content (AvgIpc) is 2.80. The molecule has 0 amide bonds. The van der Waals surface area contributed by atoms with Crippen molar-refractivity contribution in [3.05, 3.63) is 0 Å². The number of nitrogens with one attached hydrogen (secondary N) is 1. The summed E-state index contributed by atoms with van der Waals surface area (Å²) in [6.07, 6.45) is 3.37. The highest BCUT2D eigenvalue weighted by Gasteiger charge is 2.45. The Morgan fingerprint density at radius 1 is 1.23 bits per heavy atom. The summed E-state index contributed by atoms with van der Waals surface area (Å²) in [6, 6.07) is 0.355. The second-order valence-electron chi connectivity index (χ2n) is 4.51. The third kappa shape index (κ3) is 2.01. The molecule has 0 aromatic rings. The fraction of sp³-hybridized carbons (Fsp3) is 1.00. The Labute approximate surface area is 77.9 Å². The fourth-order valence-corrected chi connectivity index (χ4v) is 2.60. The number of hydrogen-bond donors (Lipinski definition) is 1. The van der Waals surface area contributed by atoms with Crippen LogP contribution in [0.1, 0.15) is 32.1 Å². The van der Waals surface area contributed by atoms with Gasteiger partial charge in [-0.3, -0.25) is 0 Å². The zero-order valence-corrected chi connectivity index (χ0v) is 8.02. The van der Waals surface area contributed by atoms with Crippen molar-refractivity contribution in [2.24, 2.45) is 11.8 Å². The van der Waals surface area contributed by atoms with Crippen LogP contribution in [-0.2, 0) is 0 Å². The molecule has 13 heavy (non-hydrogen) atoms. The van der Waals surface area contributed by atoms with Crippen LogP contribution in [0.3, 0.4) is 0 Å². The lowest BCUT2D eigenvalue weighted by molar-refractivity contribution is 0.00305. The minimum atomic E-state index is -2.38. The van der Waals surface area contributed by atoms with Gasteiger partial charge in [-0.2, -0.15) is 0 Å². The van der Waals surface area contributed by atoms with E-state index in [1.165, 1.54) is 12.8 Å². The van der Waals surface area contributed by atoms with Gasteiger partial charge in [0.2, 0.25) is 5.92 Å². The molecule has 0 spiro atoms. The molecule has 2 aliphatic rings. The lowest BCUT2D eigenvalue weighted by Gasteiger charge is -2.22. The van der Waals surface area contributed by atoms with E-state index in [0.717, 1.165) is 0 Å². The second kappa shape index (κ2) is 3.19. The molecule has 0 saturated heterocycles. The van der Waals surface area contributed by atoms with E-state index in [4.69, 9.17) is 0 Å². The van der Waals surface area contributed by atoms with Crippen LogP contribution in [0.5, 0.6) is 0 Å². The Hall–Kier alpha value is -0.180. The molecule has 2 unspecified atom stereocenters. The van der Waals surface area contributed by atoms with Crippen LogP contribution in [0.2, 0.25) is 0 Å². The fourth-order valence-electron chi connectivity index (χ4n) is 2.60. The van der Waals surface area contributed by atoms with Crippen molar-refractivity contribution in [1.29, 1.82) is 0 Å². The third-order valence-corrected chi connectivity index (χ3v) is 3.41. The van der Waals surface area contributed by atoms with Gasteiger partial charge in [0.25, 0.3) is 0 Å². The minimum Gasteiger partial charge on any atom is -0.316 e. The van der Waals surface area contributed by atoms with E-state index in [1.54, 1.807) is 0 Å². The van der Waals surface area contributed by atoms with E-state index in [-0.39, 0.29) is 18.8 Å². The van der Waals surface area contributed by atoms with Crippen LogP contribution < -0.4 is 5.32 Å².